The molecule has 0 fully saturated rings. The lowest BCUT2D eigenvalue weighted by Crippen LogP contribution is -2.36. The fourth-order valence-corrected chi connectivity index (χ4v) is 2.69. The summed E-state index contributed by atoms with van der Waals surface area (Å²) in [5.74, 6) is -0.0775. The van der Waals surface area contributed by atoms with Gasteiger partial charge in [0.15, 0.2) is 0 Å². The van der Waals surface area contributed by atoms with Gasteiger partial charge in [0.25, 0.3) is 5.91 Å². The summed E-state index contributed by atoms with van der Waals surface area (Å²) in [6.07, 6.45) is 1.86. The lowest BCUT2D eigenvalue weighted by atomic mass is 10.1. The number of rotatable bonds is 4. The van der Waals surface area contributed by atoms with Crippen LogP contribution in [0.25, 0.3) is 10.9 Å². The van der Waals surface area contributed by atoms with Gasteiger partial charge in [0, 0.05) is 18.5 Å². The second-order valence-electron chi connectivity index (χ2n) is 4.89. The van der Waals surface area contributed by atoms with Crippen molar-refractivity contribution in [2.45, 2.75) is 32.7 Å². The van der Waals surface area contributed by atoms with Gasteiger partial charge in [0.1, 0.15) is 5.69 Å². The van der Waals surface area contributed by atoms with Gasteiger partial charge in [-0.25, -0.2) is 4.98 Å². The second-order valence-corrected chi connectivity index (χ2v) is 5.30. The molecule has 0 unspecified atom stereocenters. The first kappa shape index (κ1) is 14.8. The maximum absolute atomic E-state index is 12.5. The van der Waals surface area contributed by atoms with Crippen molar-refractivity contribution in [3.63, 3.8) is 0 Å². The number of carbonyl (C=O) groups excluding carboxylic acids is 1. The van der Waals surface area contributed by atoms with E-state index in [1.807, 2.05) is 31.3 Å². The number of hydrogen-bond acceptors (Lipinski definition) is 2. The molecule has 3 nitrogen and oxygen atoms in total. The molecule has 0 saturated carbocycles. The van der Waals surface area contributed by atoms with Crippen LogP contribution in [0.3, 0.4) is 0 Å². The summed E-state index contributed by atoms with van der Waals surface area (Å²) < 4.78 is 0. The van der Waals surface area contributed by atoms with Gasteiger partial charge in [-0.15, -0.1) is 0 Å². The highest BCUT2D eigenvalue weighted by atomic mass is 35.5. The number of para-hydroxylation sites is 1. The van der Waals surface area contributed by atoms with Gasteiger partial charge in [0.05, 0.1) is 10.5 Å². The summed E-state index contributed by atoms with van der Waals surface area (Å²) in [6, 6.07) is 9.47. The molecule has 1 aromatic carbocycles. The van der Waals surface area contributed by atoms with E-state index >= 15 is 0 Å². The third kappa shape index (κ3) is 2.78. The van der Waals surface area contributed by atoms with Gasteiger partial charge in [0.2, 0.25) is 0 Å². The molecule has 106 valence electrons. The molecule has 1 amide bonds. The Kier molecular flexibility index (Phi) is 4.61. The molecule has 0 aliphatic heterocycles. The highest BCUT2D eigenvalue weighted by Gasteiger charge is 2.20. The van der Waals surface area contributed by atoms with Crippen molar-refractivity contribution < 1.29 is 4.79 Å². The fourth-order valence-electron chi connectivity index (χ4n) is 2.43. The largest absolute Gasteiger partial charge is 0.337 e. The van der Waals surface area contributed by atoms with Crippen LogP contribution in [0.5, 0.6) is 0 Å². The number of amides is 1. The van der Waals surface area contributed by atoms with Gasteiger partial charge in [-0.2, -0.15) is 0 Å². The Balaban J connectivity index is 2.40. The van der Waals surface area contributed by atoms with Crippen molar-refractivity contribution in [1.29, 1.82) is 0 Å². The first-order chi connectivity index (χ1) is 9.58. The minimum atomic E-state index is -0.0775. The highest BCUT2D eigenvalue weighted by Crippen LogP contribution is 2.23. The van der Waals surface area contributed by atoms with Crippen LogP contribution >= 0.6 is 11.6 Å². The molecule has 0 aliphatic rings. The topological polar surface area (TPSA) is 33.2 Å². The minimum Gasteiger partial charge on any atom is -0.337 e. The van der Waals surface area contributed by atoms with Crippen LogP contribution in [0, 0.1) is 0 Å². The third-order valence-corrected chi connectivity index (χ3v) is 4.01. The zero-order valence-electron chi connectivity index (χ0n) is 12.1. The fraction of sp³-hybridized carbons (Fsp3) is 0.375. The Hall–Kier alpha value is -1.61. The lowest BCUT2D eigenvalue weighted by molar-refractivity contribution is 0.0718. The predicted molar refractivity (Wildman–Crippen MR) is 83.2 cm³/mol. The van der Waals surface area contributed by atoms with E-state index in [1.54, 1.807) is 11.0 Å². The number of aromatic nitrogens is 1. The van der Waals surface area contributed by atoms with Crippen molar-refractivity contribution in [1.82, 2.24) is 9.88 Å². The van der Waals surface area contributed by atoms with Gasteiger partial charge in [-0.1, -0.05) is 43.6 Å². The zero-order valence-corrected chi connectivity index (χ0v) is 12.8. The predicted octanol–water partition coefficient (Wildman–Crippen LogP) is 4.15. The molecule has 1 heterocycles. The molecule has 2 rings (SSSR count). The maximum atomic E-state index is 12.5. The summed E-state index contributed by atoms with van der Waals surface area (Å²) in [5, 5.41) is 1.44. The Morgan fingerprint density at radius 3 is 2.60 bits per heavy atom. The van der Waals surface area contributed by atoms with Crippen molar-refractivity contribution in [2.24, 2.45) is 0 Å². The van der Waals surface area contributed by atoms with Crippen LogP contribution in [0.4, 0.5) is 0 Å². The SMILES string of the molecule is CCC(CC)N(C)C(=O)c1cc(Cl)c2ccccc2n1. The average molecular weight is 291 g/mol. The third-order valence-electron chi connectivity index (χ3n) is 3.70. The molecular weight excluding hydrogens is 272 g/mol. The van der Waals surface area contributed by atoms with Gasteiger partial charge in [-0.3, -0.25) is 4.79 Å². The summed E-state index contributed by atoms with van der Waals surface area (Å²) in [6.45, 7) is 4.16. The quantitative estimate of drug-likeness (QED) is 0.847. The Morgan fingerprint density at radius 1 is 1.30 bits per heavy atom. The number of hydrogen-bond donors (Lipinski definition) is 0. The van der Waals surface area contributed by atoms with E-state index in [9.17, 15) is 4.79 Å². The van der Waals surface area contributed by atoms with E-state index < -0.39 is 0 Å². The van der Waals surface area contributed by atoms with Crippen molar-refractivity contribution in [2.75, 3.05) is 7.05 Å². The molecule has 0 atom stereocenters. The normalized spacial score (nSPS) is 11.1. The maximum Gasteiger partial charge on any atom is 0.272 e. The molecule has 1 aromatic heterocycles. The Morgan fingerprint density at radius 2 is 1.95 bits per heavy atom. The molecule has 0 N–H and O–H groups in total. The van der Waals surface area contributed by atoms with Crippen LogP contribution in [-0.2, 0) is 0 Å². The van der Waals surface area contributed by atoms with Gasteiger partial charge < -0.3 is 4.90 Å². The van der Waals surface area contributed by atoms with E-state index in [0.29, 0.717) is 10.7 Å². The molecule has 0 spiro atoms. The standard InChI is InChI=1S/C16H19ClN2O/c1-4-11(5-2)19(3)16(20)15-10-13(17)12-8-6-7-9-14(12)18-15/h6-11H,4-5H2,1-3H3. The number of nitrogens with zero attached hydrogens (tertiary/aromatic N) is 2. The molecule has 0 aliphatic carbocycles. The summed E-state index contributed by atoms with van der Waals surface area (Å²) >= 11 is 6.25. The minimum absolute atomic E-state index is 0.0775. The van der Waals surface area contributed by atoms with E-state index in [4.69, 9.17) is 11.6 Å². The summed E-state index contributed by atoms with van der Waals surface area (Å²) in [7, 11) is 1.82. The summed E-state index contributed by atoms with van der Waals surface area (Å²) in [5.41, 5.74) is 1.16. The van der Waals surface area contributed by atoms with E-state index in [-0.39, 0.29) is 11.9 Å². The number of pyridine rings is 1. The molecule has 2 aromatic rings. The second kappa shape index (κ2) is 6.23. The van der Waals surface area contributed by atoms with Crippen LogP contribution in [-0.4, -0.2) is 28.9 Å². The number of benzene rings is 1. The van der Waals surface area contributed by atoms with Gasteiger partial charge >= 0.3 is 0 Å². The zero-order chi connectivity index (χ0) is 14.7. The van der Waals surface area contributed by atoms with Crippen molar-refractivity contribution in [3.8, 4) is 0 Å². The molecule has 4 heteroatoms. The number of halogens is 1. The van der Waals surface area contributed by atoms with Crippen LogP contribution < -0.4 is 0 Å². The Bertz CT molecular complexity index is 623. The molecule has 20 heavy (non-hydrogen) atoms. The van der Waals surface area contributed by atoms with Crippen molar-refractivity contribution >= 4 is 28.4 Å². The van der Waals surface area contributed by atoms with E-state index in [0.717, 1.165) is 23.7 Å². The molecule has 0 radical (unpaired) electrons. The Labute approximate surface area is 124 Å². The molecule has 0 bridgehead atoms. The monoisotopic (exact) mass is 290 g/mol. The van der Waals surface area contributed by atoms with Crippen LogP contribution in [0.2, 0.25) is 5.02 Å². The van der Waals surface area contributed by atoms with Crippen molar-refractivity contribution in [3.05, 3.63) is 41.0 Å². The van der Waals surface area contributed by atoms with Crippen LogP contribution in [0.15, 0.2) is 30.3 Å². The lowest BCUT2D eigenvalue weighted by Gasteiger charge is -2.26. The average Bonchev–Trinajstić information content (AvgIpc) is 2.47. The number of carbonyl (C=O) groups is 1. The van der Waals surface area contributed by atoms with E-state index in [1.165, 1.54) is 0 Å². The molecular formula is C16H19ClN2O. The van der Waals surface area contributed by atoms with Gasteiger partial charge in [-0.05, 0) is 25.0 Å². The first-order valence-electron chi connectivity index (χ1n) is 6.90. The molecule has 0 saturated heterocycles. The van der Waals surface area contributed by atoms with Crippen LogP contribution in [0.1, 0.15) is 37.2 Å². The van der Waals surface area contributed by atoms with E-state index in [2.05, 4.69) is 18.8 Å². The first-order valence-corrected chi connectivity index (χ1v) is 7.28. The highest BCUT2D eigenvalue weighted by molar-refractivity contribution is 6.35. The summed E-state index contributed by atoms with van der Waals surface area (Å²) in [4.78, 5) is 18.7. The number of fused-ring (bicyclic) bond motifs is 1. The smallest absolute Gasteiger partial charge is 0.272 e.